The van der Waals surface area contributed by atoms with Crippen molar-refractivity contribution in [2.45, 2.75) is 31.0 Å². The first-order chi connectivity index (χ1) is 10.3. The molecule has 3 rings (SSSR count). The van der Waals surface area contributed by atoms with Crippen molar-refractivity contribution in [3.05, 3.63) is 24.5 Å². The number of nitrogens with zero attached hydrogens (tertiary/aromatic N) is 3. The average Bonchev–Trinajstić information content (AvgIpc) is 2.44. The van der Waals surface area contributed by atoms with Crippen LogP contribution in [0, 0.1) is 0 Å². The summed E-state index contributed by atoms with van der Waals surface area (Å²) in [5, 5.41) is 0.756. The molecule has 1 aromatic carbocycles. The van der Waals surface area contributed by atoms with Crippen LogP contribution in [0.15, 0.2) is 29.4 Å². The minimum Gasteiger partial charge on any atom is -0.372 e. The molecule has 0 radical (unpaired) electrons. The Kier molecular flexibility index (Phi) is 3.78. The highest BCUT2D eigenvalue weighted by Gasteiger charge is 2.25. The van der Waals surface area contributed by atoms with E-state index in [4.69, 9.17) is 4.74 Å². The van der Waals surface area contributed by atoms with E-state index in [1.54, 1.807) is 18.2 Å². The zero-order valence-electron chi connectivity index (χ0n) is 12.9. The molecule has 1 aromatic heterocycles. The zero-order chi connectivity index (χ0) is 15.9. The molecule has 2 heterocycles. The quantitative estimate of drug-likeness (QED) is 0.837. The van der Waals surface area contributed by atoms with E-state index >= 15 is 0 Å². The zero-order valence-corrected chi connectivity index (χ0v) is 13.7. The normalized spacial score (nSPS) is 23.0. The fourth-order valence-electron chi connectivity index (χ4n) is 2.86. The van der Waals surface area contributed by atoms with Crippen LogP contribution in [-0.4, -0.2) is 49.9 Å². The summed E-state index contributed by atoms with van der Waals surface area (Å²) < 4.78 is 29.3. The van der Waals surface area contributed by atoms with Gasteiger partial charge in [-0.3, -0.25) is 0 Å². The second-order valence-corrected chi connectivity index (χ2v) is 7.83. The number of benzene rings is 1. The molecule has 118 valence electrons. The predicted molar refractivity (Wildman–Crippen MR) is 84.9 cm³/mol. The first-order valence-corrected chi connectivity index (χ1v) is 9.09. The number of aromatic nitrogens is 2. The van der Waals surface area contributed by atoms with Gasteiger partial charge in [-0.25, -0.2) is 18.4 Å². The largest absolute Gasteiger partial charge is 0.372 e. The number of sulfone groups is 1. The van der Waals surface area contributed by atoms with Gasteiger partial charge in [-0.05, 0) is 32.0 Å². The number of fused-ring (bicyclic) bond motifs is 1. The lowest BCUT2D eigenvalue weighted by Crippen LogP contribution is -2.45. The molecule has 6 nitrogen and oxygen atoms in total. The highest BCUT2D eigenvalue weighted by molar-refractivity contribution is 7.90. The Morgan fingerprint density at radius 3 is 2.50 bits per heavy atom. The van der Waals surface area contributed by atoms with E-state index in [0.717, 1.165) is 29.8 Å². The first kappa shape index (κ1) is 15.2. The van der Waals surface area contributed by atoms with Crippen LogP contribution >= 0.6 is 0 Å². The third-order valence-corrected chi connectivity index (χ3v) is 4.84. The fourth-order valence-corrected chi connectivity index (χ4v) is 3.50. The van der Waals surface area contributed by atoms with Crippen LogP contribution < -0.4 is 4.90 Å². The summed E-state index contributed by atoms with van der Waals surface area (Å²) in [4.78, 5) is 11.0. The summed E-state index contributed by atoms with van der Waals surface area (Å²) in [6.07, 6.45) is 2.93. The Bertz CT molecular complexity index is 797. The molecule has 2 unspecified atom stereocenters. The SMILES string of the molecule is CC1CN(c2ncnc3ccc(S(C)(=O)=O)cc23)CC(C)O1. The van der Waals surface area contributed by atoms with Gasteiger partial charge in [0.05, 0.1) is 22.6 Å². The molecule has 0 aliphatic carbocycles. The smallest absolute Gasteiger partial charge is 0.175 e. The van der Waals surface area contributed by atoms with Crippen LogP contribution in [0.4, 0.5) is 5.82 Å². The Labute approximate surface area is 130 Å². The Morgan fingerprint density at radius 2 is 1.86 bits per heavy atom. The standard InChI is InChI=1S/C15H19N3O3S/c1-10-7-18(8-11(2)21-10)15-13-6-12(22(3,19)20)4-5-14(13)16-9-17-15/h4-6,9-11H,7-8H2,1-3H3. The van der Waals surface area contributed by atoms with E-state index in [1.165, 1.54) is 12.6 Å². The van der Waals surface area contributed by atoms with E-state index in [0.29, 0.717) is 0 Å². The molecule has 1 aliphatic heterocycles. The fraction of sp³-hybridized carbons (Fsp3) is 0.467. The highest BCUT2D eigenvalue weighted by Crippen LogP contribution is 2.27. The molecule has 1 fully saturated rings. The highest BCUT2D eigenvalue weighted by atomic mass is 32.2. The molecule has 1 aliphatic rings. The summed E-state index contributed by atoms with van der Waals surface area (Å²) in [6, 6.07) is 4.97. The maximum atomic E-state index is 11.8. The van der Waals surface area contributed by atoms with E-state index in [-0.39, 0.29) is 17.1 Å². The predicted octanol–water partition coefficient (Wildman–Crippen LogP) is 1.65. The van der Waals surface area contributed by atoms with E-state index in [1.807, 2.05) is 13.8 Å². The van der Waals surface area contributed by atoms with Crippen LogP contribution in [0.3, 0.4) is 0 Å². The Hall–Kier alpha value is -1.73. The number of hydrogen-bond acceptors (Lipinski definition) is 6. The van der Waals surface area contributed by atoms with Gasteiger partial charge in [0.1, 0.15) is 12.1 Å². The Morgan fingerprint density at radius 1 is 1.18 bits per heavy atom. The minimum atomic E-state index is -3.26. The van der Waals surface area contributed by atoms with Gasteiger partial charge >= 0.3 is 0 Å². The van der Waals surface area contributed by atoms with Crippen LogP contribution in [0.1, 0.15) is 13.8 Å². The van der Waals surface area contributed by atoms with Gasteiger partial charge < -0.3 is 9.64 Å². The summed E-state index contributed by atoms with van der Waals surface area (Å²) in [6.45, 7) is 5.49. The van der Waals surface area contributed by atoms with E-state index in [2.05, 4.69) is 14.9 Å². The van der Waals surface area contributed by atoms with Crippen molar-refractivity contribution >= 4 is 26.6 Å². The molecule has 22 heavy (non-hydrogen) atoms. The maximum absolute atomic E-state index is 11.8. The lowest BCUT2D eigenvalue weighted by atomic mass is 10.2. The van der Waals surface area contributed by atoms with E-state index < -0.39 is 9.84 Å². The Balaban J connectivity index is 2.12. The summed E-state index contributed by atoms with van der Waals surface area (Å²) in [7, 11) is -3.26. The van der Waals surface area contributed by atoms with Gasteiger partial charge in [-0.1, -0.05) is 0 Å². The minimum absolute atomic E-state index is 0.104. The van der Waals surface area contributed by atoms with Gasteiger partial charge in [0.2, 0.25) is 0 Å². The van der Waals surface area contributed by atoms with Gasteiger partial charge in [-0.2, -0.15) is 0 Å². The number of hydrogen-bond donors (Lipinski definition) is 0. The van der Waals surface area contributed by atoms with E-state index in [9.17, 15) is 8.42 Å². The topological polar surface area (TPSA) is 72.4 Å². The first-order valence-electron chi connectivity index (χ1n) is 7.20. The molecule has 0 spiro atoms. The average molecular weight is 321 g/mol. The second kappa shape index (κ2) is 5.48. The van der Waals surface area contributed by atoms with Crippen molar-refractivity contribution in [2.75, 3.05) is 24.2 Å². The molecule has 2 atom stereocenters. The van der Waals surface area contributed by atoms with Crippen LogP contribution in [0.25, 0.3) is 10.9 Å². The van der Waals surface area contributed by atoms with Gasteiger partial charge in [0, 0.05) is 24.7 Å². The van der Waals surface area contributed by atoms with Crippen molar-refractivity contribution in [1.29, 1.82) is 0 Å². The molecule has 0 bridgehead atoms. The number of ether oxygens (including phenoxy) is 1. The van der Waals surface area contributed by atoms with Crippen molar-refractivity contribution in [2.24, 2.45) is 0 Å². The molecule has 7 heteroatoms. The lowest BCUT2D eigenvalue weighted by molar-refractivity contribution is -0.00537. The van der Waals surface area contributed by atoms with Gasteiger partial charge in [0.25, 0.3) is 0 Å². The van der Waals surface area contributed by atoms with Gasteiger partial charge in [-0.15, -0.1) is 0 Å². The van der Waals surface area contributed by atoms with Gasteiger partial charge in [0.15, 0.2) is 9.84 Å². The third kappa shape index (κ3) is 2.91. The number of rotatable bonds is 2. The summed E-state index contributed by atoms with van der Waals surface area (Å²) >= 11 is 0. The van der Waals surface area contributed by atoms with Crippen LogP contribution in [0.2, 0.25) is 0 Å². The monoisotopic (exact) mass is 321 g/mol. The molecule has 1 saturated heterocycles. The molecule has 2 aromatic rings. The number of anilines is 1. The van der Waals surface area contributed by atoms with Crippen molar-refractivity contribution < 1.29 is 13.2 Å². The molecular formula is C15H19N3O3S. The van der Waals surface area contributed by atoms with Crippen molar-refractivity contribution in [1.82, 2.24) is 9.97 Å². The van der Waals surface area contributed by atoms with Crippen LogP contribution in [0.5, 0.6) is 0 Å². The maximum Gasteiger partial charge on any atom is 0.175 e. The molecule has 0 saturated carbocycles. The van der Waals surface area contributed by atoms with Crippen molar-refractivity contribution in [3.8, 4) is 0 Å². The molecule has 0 amide bonds. The summed E-state index contributed by atoms with van der Waals surface area (Å²) in [5.74, 6) is 0.762. The molecule has 0 N–H and O–H groups in total. The summed E-state index contributed by atoms with van der Waals surface area (Å²) in [5.41, 5.74) is 0.740. The lowest BCUT2D eigenvalue weighted by Gasteiger charge is -2.36. The van der Waals surface area contributed by atoms with Crippen LogP contribution in [-0.2, 0) is 14.6 Å². The number of morpholine rings is 1. The second-order valence-electron chi connectivity index (χ2n) is 5.81. The molecular weight excluding hydrogens is 302 g/mol. The third-order valence-electron chi connectivity index (χ3n) is 3.73. The van der Waals surface area contributed by atoms with Crippen molar-refractivity contribution in [3.63, 3.8) is 0 Å².